The maximum atomic E-state index is 12.8. The Hall–Kier alpha value is -1.82. The number of aromatic nitrogens is 2. The topological polar surface area (TPSA) is 46.9 Å². The summed E-state index contributed by atoms with van der Waals surface area (Å²) in [5.74, 6) is 0.777. The van der Waals surface area contributed by atoms with Crippen LogP contribution in [0.25, 0.3) is 10.9 Å². The van der Waals surface area contributed by atoms with Crippen molar-refractivity contribution >= 4 is 40.2 Å². The lowest BCUT2D eigenvalue weighted by atomic mass is 10.2. The van der Waals surface area contributed by atoms with Crippen molar-refractivity contribution in [2.75, 3.05) is 5.75 Å². The van der Waals surface area contributed by atoms with Crippen LogP contribution in [0.1, 0.15) is 15.7 Å². The number of hydrogen-bond donors (Lipinski definition) is 1. The van der Waals surface area contributed by atoms with E-state index in [1.54, 1.807) is 28.7 Å². The van der Waals surface area contributed by atoms with Gasteiger partial charge in [0.2, 0.25) is 5.91 Å². The summed E-state index contributed by atoms with van der Waals surface area (Å²) in [6, 6.07) is 11.2. The van der Waals surface area contributed by atoms with Crippen LogP contribution in [0.15, 0.2) is 55.0 Å². The van der Waals surface area contributed by atoms with E-state index in [0.29, 0.717) is 5.02 Å². The number of halogens is 1. The first-order valence-corrected chi connectivity index (χ1v) is 8.74. The second-order valence-corrected chi connectivity index (χ2v) is 6.96. The zero-order valence-corrected chi connectivity index (χ0v) is 13.7. The Bertz CT molecular complexity index is 865. The molecule has 2 atom stereocenters. The highest BCUT2D eigenvalue weighted by molar-refractivity contribution is 7.99. The SMILES string of the molecule is O=C([C@@H]1CS[C@@H](c2cccnc2)N1)n1ccc2c(Cl)cccc21. The van der Waals surface area contributed by atoms with Crippen molar-refractivity contribution in [3.05, 3.63) is 65.6 Å². The number of hydrogen-bond acceptors (Lipinski definition) is 4. The smallest absolute Gasteiger partial charge is 0.249 e. The lowest BCUT2D eigenvalue weighted by Crippen LogP contribution is -2.37. The lowest BCUT2D eigenvalue weighted by Gasteiger charge is -2.13. The average molecular weight is 344 g/mol. The molecule has 116 valence electrons. The molecule has 0 bridgehead atoms. The molecule has 1 N–H and O–H groups in total. The molecule has 0 radical (unpaired) electrons. The third-order valence-corrected chi connectivity index (χ3v) is 5.58. The lowest BCUT2D eigenvalue weighted by molar-refractivity contribution is 0.0879. The molecule has 1 aliphatic heterocycles. The minimum atomic E-state index is -0.222. The van der Waals surface area contributed by atoms with Crippen molar-refractivity contribution in [2.24, 2.45) is 0 Å². The van der Waals surface area contributed by atoms with Crippen LogP contribution in [0.3, 0.4) is 0 Å². The molecule has 1 aliphatic rings. The summed E-state index contributed by atoms with van der Waals surface area (Å²) >= 11 is 7.91. The van der Waals surface area contributed by atoms with Crippen molar-refractivity contribution in [3.8, 4) is 0 Å². The first kappa shape index (κ1) is 14.8. The standard InChI is InChI=1S/C17H14ClN3OS/c18-13-4-1-5-15-12(13)6-8-21(15)17(22)14-10-23-16(20-14)11-3-2-7-19-9-11/h1-9,14,16,20H,10H2/t14-,16-/m0/s1. The number of carbonyl (C=O) groups is 1. The number of thioether (sulfide) groups is 1. The Morgan fingerprint density at radius 2 is 2.22 bits per heavy atom. The first-order chi connectivity index (χ1) is 11.2. The van der Waals surface area contributed by atoms with E-state index in [9.17, 15) is 4.79 Å². The molecule has 0 unspecified atom stereocenters. The van der Waals surface area contributed by atoms with E-state index in [2.05, 4.69) is 10.3 Å². The van der Waals surface area contributed by atoms with Gasteiger partial charge in [-0.3, -0.25) is 19.7 Å². The number of fused-ring (bicyclic) bond motifs is 1. The van der Waals surface area contributed by atoms with Crippen molar-refractivity contribution in [2.45, 2.75) is 11.4 Å². The van der Waals surface area contributed by atoms with Gasteiger partial charge in [0.05, 0.1) is 16.9 Å². The molecule has 2 aromatic heterocycles. The Labute approximate surface area is 142 Å². The summed E-state index contributed by atoms with van der Waals surface area (Å²) in [6.07, 6.45) is 5.38. The number of pyridine rings is 1. The van der Waals surface area contributed by atoms with Crippen LogP contribution in [0.5, 0.6) is 0 Å². The van der Waals surface area contributed by atoms with Crippen LogP contribution in [-0.2, 0) is 0 Å². The van der Waals surface area contributed by atoms with Crippen LogP contribution in [0, 0.1) is 0 Å². The maximum Gasteiger partial charge on any atom is 0.249 e. The fourth-order valence-electron chi connectivity index (χ4n) is 2.83. The number of carbonyl (C=O) groups excluding carboxylic acids is 1. The van der Waals surface area contributed by atoms with Crippen LogP contribution in [0.4, 0.5) is 0 Å². The van der Waals surface area contributed by atoms with Gasteiger partial charge in [-0.1, -0.05) is 23.7 Å². The van der Waals surface area contributed by atoms with E-state index in [0.717, 1.165) is 22.2 Å². The summed E-state index contributed by atoms with van der Waals surface area (Å²) in [5, 5.41) is 5.06. The molecule has 0 spiro atoms. The molecule has 4 rings (SSSR count). The molecule has 1 saturated heterocycles. The number of nitrogens with one attached hydrogen (secondary N) is 1. The van der Waals surface area contributed by atoms with Crippen LogP contribution in [-0.4, -0.2) is 27.3 Å². The fraction of sp³-hybridized carbons (Fsp3) is 0.176. The summed E-state index contributed by atoms with van der Waals surface area (Å²) in [6.45, 7) is 0. The summed E-state index contributed by atoms with van der Waals surface area (Å²) < 4.78 is 1.69. The monoisotopic (exact) mass is 343 g/mol. The Morgan fingerprint density at radius 1 is 1.30 bits per heavy atom. The van der Waals surface area contributed by atoms with Crippen LogP contribution >= 0.6 is 23.4 Å². The molecule has 1 fully saturated rings. The molecular weight excluding hydrogens is 330 g/mol. The molecule has 0 amide bonds. The molecule has 0 saturated carbocycles. The summed E-state index contributed by atoms with van der Waals surface area (Å²) in [7, 11) is 0. The summed E-state index contributed by atoms with van der Waals surface area (Å²) in [4.78, 5) is 17.0. The van der Waals surface area contributed by atoms with E-state index in [1.807, 2.05) is 42.6 Å². The van der Waals surface area contributed by atoms with E-state index in [4.69, 9.17) is 11.6 Å². The van der Waals surface area contributed by atoms with E-state index < -0.39 is 0 Å². The van der Waals surface area contributed by atoms with Gasteiger partial charge in [0.1, 0.15) is 0 Å². The van der Waals surface area contributed by atoms with E-state index in [1.165, 1.54) is 0 Å². The summed E-state index contributed by atoms with van der Waals surface area (Å²) in [5.41, 5.74) is 1.94. The van der Waals surface area contributed by atoms with Gasteiger partial charge in [-0.25, -0.2) is 0 Å². The molecule has 3 aromatic rings. The van der Waals surface area contributed by atoms with Gasteiger partial charge >= 0.3 is 0 Å². The predicted molar refractivity (Wildman–Crippen MR) is 93.9 cm³/mol. The Kier molecular flexibility index (Phi) is 3.85. The van der Waals surface area contributed by atoms with Crippen LogP contribution in [0.2, 0.25) is 5.02 Å². The van der Waals surface area contributed by atoms with Crippen molar-refractivity contribution in [3.63, 3.8) is 0 Å². The van der Waals surface area contributed by atoms with Gasteiger partial charge in [-0.05, 0) is 29.8 Å². The highest BCUT2D eigenvalue weighted by Gasteiger charge is 2.31. The molecule has 3 heterocycles. The fourth-order valence-corrected chi connectivity index (χ4v) is 4.28. The molecule has 0 aliphatic carbocycles. The van der Waals surface area contributed by atoms with Gasteiger partial charge < -0.3 is 0 Å². The van der Waals surface area contributed by atoms with Gasteiger partial charge in [0, 0.05) is 34.8 Å². The van der Waals surface area contributed by atoms with E-state index >= 15 is 0 Å². The predicted octanol–water partition coefficient (Wildman–Crippen LogP) is 3.73. The number of benzene rings is 1. The van der Waals surface area contributed by atoms with Gasteiger partial charge in [0.15, 0.2) is 0 Å². The van der Waals surface area contributed by atoms with Gasteiger partial charge in [-0.2, -0.15) is 0 Å². The van der Waals surface area contributed by atoms with Crippen molar-refractivity contribution in [1.82, 2.24) is 14.9 Å². The molecular formula is C17H14ClN3OS. The van der Waals surface area contributed by atoms with Gasteiger partial charge in [0.25, 0.3) is 0 Å². The number of nitrogens with zero attached hydrogens (tertiary/aromatic N) is 2. The largest absolute Gasteiger partial charge is 0.290 e. The normalized spacial score (nSPS) is 20.9. The molecule has 1 aromatic carbocycles. The Morgan fingerprint density at radius 3 is 3.04 bits per heavy atom. The van der Waals surface area contributed by atoms with E-state index in [-0.39, 0.29) is 17.3 Å². The Balaban J connectivity index is 1.59. The van der Waals surface area contributed by atoms with Crippen LogP contribution < -0.4 is 5.32 Å². The average Bonchev–Trinajstić information content (AvgIpc) is 3.23. The zero-order chi connectivity index (χ0) is 15.8. The first-order valence-electron chi connectivity index (χ1n) is 7.31. The number of rotatable bonds is 2. The molecule has 6 heteroatoms. The minimum Gasteiger partial charge on any atom is -0.290 e. The van der Waals surface area contributed by atoms with Gasteiger partial charge in [-0.15, -0.1) is 11.8 Å². The molecule has 23 heavy (non-hydrogen) atoms. The minimum absolute atomic E-state index is 0.0427. The second-order valence-electron chi connectivity index (χ2n) is 5.42. The second kappa shape index (κ2) is 6.00. The third-order valence-electron chi connectivity index (χ3n) is 3.98. The third kappa shape index (κ3) is 2.65. The molecule has 4 nitrogen and oxygen atoms in total. The van der Waals surface area contributed by atoms with Crippen molar-refractivity contribution < 1.29 is 4.79 Å². The highest BCUT2D eigenvalue weighted by Crippen LogP contribution is 2.33. The maximum absolute atomic E-state index is 12.8. The van der Waals surface area contributed by atoms with Crippen molar-refractivity contribution in [1.29, 1.82) is 0 Å². The highest BCUT2D eigenvalue weighted by atomic mass is 35.5. The zero-order valence-electron chi connectivity index (χ0n) is 12.1. The quantitative estimate of drug-likeness (QED) is 0.770.